The van der Waals surface area contributed by atoms with Crippen molar-refractivity contribution in [3.05, 3.63) is 34.9 Å². The molecule has 0 saturated heterocycles. The second kappa shape index (κ2) is 6.28. The van der Waals surface area contributed by atoms with E-state index in [2.05, 4.69) is 45.0 Å². The molecule has 1 aliphatic rings. The van der Waals surface area contributed by atoms with E-state index in [9.17, 15) is 0 Å². The second-order valence-corrected chi connectivity index (χ2v) is 6.94. The van der Waals surface area contributed by atoms with Crippen LogP contribution in [0, 0.1) is 11.8 Å². The van der Waals surface area contributed by atoms with Crippen LogP contribution in [0.25, 0.3) is 0 Å². The summed E-state index contributed by atoms with van der Waals surface area (Å²) in [5.41, 5.74) is 1.36. The fraction of sp³-hybridized carbons (Fsp3) is 0.647. The first-order valence-electron chi connectivity index (χ1n) is 7.41. The quantitative estimate of drug-likeness (QED) is 0.748. The number of halogens is 1. The van der Waals surface area contributed by atoms with Crippen LogP contribution in [-0.2, 0) is 0 Å². The molecule has 2 rings (SSSR count). The zero-order valence-electron chi connectivity index (χ0n) is 12.6. The number of rotatable bonds is 5. The van der Waals surface area contributed by atoms with Crippen molar-refractivity contribution in [2.45, 2.75) is 45.1 Å². The van der Waals surface area contributed by atoms with Crippen molar-refractivity contribution in [1.82, 2.24) is 4.90 Å². The monoisotopic (exact) mass is 279 g/mol. The minimum absolute atomic E-state index is 0.653. The Labute approximate surface area is 123 Å². The van der Waals surface area contributed by atoms with Gasteiger partial charge in [-0.2, -0.15) is 0 Å². The standard InChI is InChI=1S/C17H26ClN/c1-12(2)11-17(19(3)4)15-10-9-13(15)14-7-5-6-8-16(14)18/h5-8,12-13,15,17H,9-11H2,1-4H3. The summed E-state index contributed by atoms with van der Waals surface area (Å²) in [5, 5.41) is 0.944. The Hall–Kier alpha value is -0.530. The van der Waals surface area contributed by atoms with Crippen molar-refractivity contribution in [3.63, 3.8) is 0 Å². The molecule has 0 radical (unpaired) electrons. The first-order valence-corrected chi connectivity index (χ1v) is 7.79. The van der Waals surface area contributed by atoms with E-state index in [0.29, 0.717) is 12.0 Å². The number of hydrogen-bond donors (Lipinski definition) is 0. The van der Waals surface area contributed by atoms with E-state index >= 15 is 0 Å². The normalized spacial score (nSPS) is 24.6. The van der Waals surface area contributed by atoms with Crippen molar-refractivity contribution >= 4 is 11.6 Å². The lowest BCUT2D eigenvalue weighted by atomic mass is 9.65. The average molecular weight is 280 g/mol. The molecular formula is C17H26ClN. The maximum absolute atomic E-state index is 6.37. The predicted octanol–water partition coefficient (Wildman–Crippen LogP) is 4.81. The Morgan fingerprint density at radius 1 is 1.21 bits per heavy atom. The van der Waals surface area contributed by atoms with Gasteiger partial charge in [-0.1, -0.05) is 43.6 Å². The number of nitrogens with zero attached hydrogens (tertiary/aromatic N) is 1. The van der Waals surface area contributed by atoms with Gasteiger partial charge in [-0.3, -0.25) is 0 Å². The molecule has 0 bridgehead atoms. The van der Waals surface area contributed by atoms with Crippen molar-refractivity contribution in [3.8, 4) is 0 Å². The van der Waals surface area contributed by atoms with E-state index in [1.165, 1.54) is 24.8 Å². The Kier molecular flexibility index (Phi) is 4.92. The SMILES string of the molecule is CC(C)CC(C1CCC1c1ccccc1Cl)N(C)C. The van der Waals surface area contributed by atoms with E-state index in [4.69, 9.17) is 11.6 Å². The zero-order chi connectivity index (χ0) is 14.0. The van der Waals surface area contributed by atoms with E-state index in [0.717, 1.165) is 16.9 Å². The van der Waals surface area contributed by atoms with Crippen molar-refractivity contribution < 1.29 is 0 Å². The van der Waals surface area contributed by atoms with Crippen LogP contribution in [0.5, 0.6) is 0 Å². The highest BCUT2D eigenvalue weighted by molar-refractivity contribution is 6.31. The van der Waals surface area contributed by atoms with E-state index in [1.54, 1.807) is 0 Å². The lowest BCUT2D eigenvalue weighted by Gasteiger charge is -2.45. The molecular weight excluding hydrogens is 254 g/mol. The van der Waals surface area contributed by atoms with Gasteiger partial charge in [0.2, 0.25) is 0 Å². The summed E-state index contributed by atoms with van der Waals surface area (Å²) in [7, 11) is 4.43. The molecule has 19 heavy (non-hydrogen) atoms. The third-order valence-corrected chi connectivity index (χ3v) is 4.85. The Balaban J connectivity index is 2.14. The first kappa shape index (κ1) is 14.9. The molecule has 0 N–H and O–H groups in total. The van der Waals surface area contributed by atoms with Crippen LogP contribution in [-0.4, -0.2) is 25.0 Å². The maximum Gasteiger partial charge on any atom is 0.0440 e. The molecule has 1 aliphatic carbocycles. The molecule has 1 aromatic rings. The molecule has 2 heteroatoms. The maximum atomic E-state index is 6.37. The van der Waals surface area contributed by atoms with Gasteiger partial charge in [-0.15, -0.1) is 0 Å². The summed E-state index contributed by atoms with van der Waals surface area (Å²) in [4.78, 5) is 2.41. The third-order valence-electron chi connectivity index (χ3n) is 4.50. The van der Waals surface area contributed by atoms with Gasteiger partial charge in [0, 0.05) is 11.1 Å². The Bertz CT molecular complexity index is 413. The van der Waals surface area contributed by atoms with Gasteiger partial charge < -0.3 is 4.90 Å². The topological polar surface area (TPSA) is 3.24 Å². The highest BCUT2D eigenvalue weighted by Crippen LogP contribution is 2.48. The molecule has 1 fully saturated rings. The van der Waals surface area contributed by atoms with Crippen molar-refractivity contribution in [2.24, 2.45) is 11.8 Å². The minimum Gasteiger partial charge on any atom is -0.306 e. The summed E-state index contributed by atoms with van der Waals surface area (Å²) in [5.74, 6) is 2.16. The second-order valence-electron chi connectivity index (χ2n) is 6.53. The van der Waals surface area contributed by atoms with E-state index in [-0.39, 0.29) is 0 Å². The Morgan fingerprint density at radius 2 is 1.89 bits per heavy atom. The smallest absolute Gasteiger partial charge is 0.0440 e. The zero-order valence-corrected chi connectivity index (χ0v) is 13.3. The molecule has 1 saturated carbocycles. The summed E-state index contributed by atoms with van der Waals surface area (Å²) < 4.78 is 0. The van der Waals surface area contributed by atoms with Gasteiger partial charge in [0.15, 0.2) is 0 Å². The highest BCUT2D eigenvalue weighted by atomic mass is 35.5. The average Bonchev–Trinajstić information content (AvgIpc) is 2.29. The van der Waals surface area contributed by atoms with Crippen LogP contribution >= 0.6 is 11.6 Å². The van der Waals surface area contributed by atoms with Gasteiger partial charge in [-0.05, 0) is 62.7 Å². The molecule has 0 aliphatic heterocycles. The fourth-order valence-electron chi connectivity index (χ4n) is 3.40. The lowest BCUT2D eigenvalue weighted by molar-refractivity contribution is 0.0968. The molecule has 3 unspecified atom stereocenters. The Morgan fingerprint density at radius 3 is 2.37 bits per heavy atom. The van der Waals surface area contributed by atoms with Gasteiger partial charge in [0.1, 0.15) is 0 Å². The van der Waals surface area contributed by atoms with Gasteiger partial charge >= 0.3 is 0 Å². The van der Waals surface area contributed by atoms with Crippen LogP contribution in [0.15, 0.2) is 24.3 Å². The lowest BCUT2D eigenvalue weighted by Crippen LogP contribution is -2.43. The molecule has 0 spiro atoms. The van der Waals surface area contributed by atoms with Gasteiger partial charge in [-0.25, -0.2) is 0 Å². The van der Waals surface area contributed by atoms with Crippen molar-refractivity contribution in [2.75, 3.05) is 14.1 Å². The molecule has 0 amide bonds. The first-order chi connectivity index (χ1) is 9.00. The van der Waals surface area contributed by atoms with Crippen LogP contribution in [0.4, 0.5) is 0 Å². The third kappa shape index (κ3) is 3.32. The highest BCUT2D eigenvalue weighted by Gasteiger charge is 2.39. The van der Waals surface area contributed by atoms with Gasteiger partial charge in [0.25, 0.3) is 0 Å². The summed E-state index contributed by atoms with van der Waals surface area (Å²) in [6.45, 7) is 4.64. The van der Waals surface area contributed by atoms with E-state index in [1.807, 2.05) is 12.1 Å². The predicted molar refractivity (Wildman–Crippen MR) is 83.8 cm³/mol. The van der Waals surface area contributed by atoms with Crippen LogP contribution in [0.2, 0.25) is 5.02 Å². The minimum atomic E-state index is 0.653. The van der Waals surface area contributed by atoms with Crippen LogP contribution in [0.1, 0.15) is 44.6 Å². The molecule has 1 nitrogen and oxygen atoms in total. The van der Waals surface area contributed by atoms with E-state index < -0.39 is 0 Å². The summed E-state index contributed by atoms with van der Waals surface area (Å²) >= 11 is 6.37. The molecule has 1 aromatic carbocycles. The molecule has 0 heterocycles. The molecule has 106 valence electrons. The largest absolute Gasteiger partial charge is 0.306 e. The van der Waals surface area contributed by atoms with Crippen LogP contribution in [0.3, 0.4) is 0 Å². The molecule has 0 aromatic heterocycles. The van der Waals surface area contributed by atoms with Gasteiger partial charge in [0.05, 0.1) is 0 Å². The number of hydrogen-bond acceptors (Lipinski definition) is 1. The molecule has 3 atom stereocenters. The number of benzene rings is 1. The summed E-state index contributed by atoms with van der Waals surface area (Å²) in [6.07, 6.45) is 3.90. The fourth-order valence-corrected chi connectivity index (χ4v) is 3.68. The summed E-state index contributed by atoms with van der Waals surface area (Å²) in [6, 6.07) is 9.05. The van der Waals surface area contributed by atoms with Crippen LogP contribution < -0.4 is 0 Å². The van der Waals surface area contributed by atoms with Crippen molar-refractivity contribution in [1.29, 1.82) is 0 Å².